The minimum atomic E-state index is 0.174. The molecule has 92 valence electrons. The van der Waals surface area contributed by atoms with Gasteiger partial charge < -0.3 is 10.8 Å². The van der Waals surface area contributed by atoms with Crippen molar-refractivity contribution >= 4 is 0 Å². The molecule has 17 heavy (non-hydrogen) atoms. The third-order valence-electron chi connectivity index (χ3n) is 4.06. The number of rotatable bonds is 1. The molecule has 3 rings (SSSR count). The maximum absolute atomic E-state index is 9.93. The van der Waals surface area contributed by atoms with E-state index in [0.717, 1.165) is 24.8 Å². The molecule has 1 aliphatic carbocycles. The molecule has 2 aliphatic rings. The van der Waals surface area contributed by atoms with Gasteiger partial charge in [0.1, 0.15) is 5.75 Å². The van der Waals surface area contributed by atoms with Gasteiger partial charge in [-0.15, -0.1) is 0 Å². The summed E-state index contributed by atoms with van der Waals surface area (Å²) in [7, 11) is 0. The molecule has 0 bridgehead atoms. The largest absolute Gasteiger partial charge is 0.508 e. The summed E-state index contributed by atoms with van der Waals surface area (Å²) in [4.78, 5) is 0. The summed E-state index contributed by atoms with van der Waals surface area (Å²) >= 11 is 0. The van der Waals surface area contributed by atoms with Gasteiger partial charge >= 0.3 is 0 Å². The number of hydrogen-bond donors (Lipinski definition) is 4. The maximum atomic E-state index is 9.93. The van der Waals surface area contributed by atoms with Crippen LogP contribution in [0.25, 0.3) is 0 Å². The van der Waals surface area contributed by atoms with Crippen LogP contribution < -0.4 is 16.6 Å². The van der Waals surface area contributed by atoms with Crippen molar-refractivity contribution in [2.45, 2.75) is 37.4 Å². The van der Waals surface area contributed by atoms with Crippen LogP contribution in [-0.4, -0.2) is 17.2 Å². The lowest BCUT2D eigenvalue weighted by Gasteiger charge is -2.31. The Labute approximate surface area is 101 Å². The molecule has 1 aromatic carbocycles. The molecular formula is C13H19N3O. The molecule has 5 N–H and O–H groups in total. The molecule has 1 aliphatic heterocycles. The molecule has 1 saturated heterocycles. The third kappa shape index (κ3) is 1.92. The van der Waals surface area contributed by atoms with Gasteiger partial charge in [-0.1, -0.05) is 18.2 Å². The van der Waals surface area contributed by atoms with Crippen LogP contribution in [0.2, 0.25) is 0 Å². The number of para-hydroxylation sites is 1. The first-order chi connectivity index (χ1) is 8.25. The molecule has 4 nitrogen and oxygen atoms in total. The molecule has 2 fully saturated rings. The number of phenolic OH excluding ortho intramolecular Hbond substituents is 1. The van der Waals surface area contributed by atoms with E-state index in [2.05, 4.69) is 10.9 Å². The normalized spacial score (nSPS) is 36.8. The molecule has 0 radical (unpaired) electrons. The quantitative estimate of drug-likeness (QED) is 0.585. The fourth-order valence-corrected chi connectivity index (χ4v) is 3.15. The van der Waals surface area contributed by atoms with E-state index >= 15 is 0 Å². The van der Waals surface area contributed by atoms with Crippen LogP contribution >= 0.6 is 0 Å². The average Bonchev–Trinajstić information content (AvgIpc) is 2.72. The zero-order chi connectivity index (χ0) is 11.8. The highest BCUT2D eigenvalue weighted by molar-refractivity contribution is 5.35. The van der Waals surface area contributed by atoms with E-state index < -0.39 is 0 Å². The van der Waals surface area contributed by atoms with E-state index in [9.17, 15) is 5.11 Å². The van der Waals surface area contributed by atoms with Crippen LogP contribution in [0.1, 0.15) is 30.9 Å². The van der Waals surface area contributed by atoms with Crippen LogP contribution in [0.3, 0.4) is 0 Å². The molecular weight excluding hydrogens is 214 g/mol. The Kier molecular flexibility index (Phi) is 2.78. The Morgan fingerprint density at radius 1 is 1.18 bits per heavy atom. The van der Waals surface area contributed by atoms with Gasteiger partial charge in [0, 0.05) is 17.6 Å². The van der Waals surface area contributed by atoms with Gasteiger partial charge in [0.15, 0.2) is 0 Å². The van der Waals surface area contributed by atoms with Gasteiger partial charge in [0.2, 0.25) is 0 Å². The van der Waals surface area contributed by atoms with Crippen molar-refractivity contribution < 1.29 is 5.11 Å². The van der Waals surface area contributed by atoms with E-state index in [4.69, 9.17) is 5.73 Å². The fourth-order valence-electron chi connectivity index (χ4n) is 3.15. The number of aromatic hydroxyl groups is 1. The fraction of sp³-hybridized carbons (Fsp3) is 0.538. The van der Waals surface area contributed by atoms with Gasteiger partial charge in [0.05, 0.1) is 6.04 Å². The second-order valence-corrected chi connectivity index (χ2v) is 5.17. The number of fused-ring (bicyclic) bond motifs is 1. The summed E-state index contributed by atoms with van der Waals surface area (Å²) in [5.74, 6) is 0.846. The van der Waals surface area contributed by atoms with Crippen molar-refractivity contribution in [2.75, 3.05) is 0 Å². The average molecular weight is 233 g/mol. The van der Waals surface area contributed by atoms with E-state index in [-0.39, 0.29) is 6.04 Å². The van der Waals surface area contributed by atoms with Crippen molar-refractivity contribution in [1.29, 1.82) is 0 Å². The highest BCUT2D eigenvalue weighted by atomic mass is 16.3. The number of nitrogens with two attached hydrogens (primary N) is 1. The summed E-state index contributed by atoms with van der Waals surface area (Å²) < 4.78 is 0. The number of hydrazine groups is 1. The van der Waals surface area contributed by atoms with Crippen LogP contribution in [0, 0.1) is 5.92 Å². The first-order valence-electron chi connectivity index (χ1n) is 6.30. The summed E-state index contributed by atoms with van der Waals surface area (Å²) in [6.45, 7) is 0. The number of benzene rings is 1. The molecule has 4 atom stereocenters. The van der Waals surface area contributed by atoms with E-state index in [1.807, 2.05) is 18.2 Å². The van der Waals surface area contributed by atoms with Gasteiger partial charge in [-0.05, 0) is 31.2 Å². The van der Waals surface area contributed by atoms with Crippen molar-refractivity contribution in [2.24, 2.45) is 11.7 Å². The Bertz CT molecular complexity index is 409. The van der Waals surface area contributed by atoms with Gasteiger partial charge in [-0.3, -0.25) is 5.43 Å². The van der Waals surface area contributed by atoms with Gasteiger partial charge in [-0.25, -0.2) is 5.43 Å². The van der Waals surface area contributed by atoms with Crippen LogP contribution in [-0.2, 0) is 0 Å². The van der Waals surface area contributed by atoms with E-state index in [1.54, 1.807) is 6.07 Å². The van der Waals surface area contributed by atoms with Crippen molar-refractivity contribution in [1.82, 2.24) is 10.9 Å². The Hall–Kier alpha value is -1.10. The van der Waals surface area contributed by atoms with Crippen molar-refractivity contribution in [3.8, 4) is 5.75 Å². The van der Waals surface area contributed by atoms with Crippen molar-refractivity contribution in [3.05, 3.63) is 29.8 Å². The molecule has 0 spiro atoms. The second-order valence-electron chi connectivity index (χ2n) is 5.17. The smallest absolute Gasteiger partial charge is 0.120 e. The molecule has 0 aromatic heterocycles. The Balaban J connectivity index is 1.87. The lowest BCUT2D eigenvalue weighted by Crippen LogP contribution is -2.39. The second kappa shape index (κ2) is 4.29. The first-order valence-corrected chi connectivity index (χ1v) is 6.30. The topological polar surface area (TPSA) is 70.3 Å². The standard InChI is InChI=1S/C13H19N3O/c14-8-5-6-11-10(7-8)13(16-15-11)9-3-1-2-4-12(9)17/h1-4,8,10-11,13,15-17H,5-7,14H2. The van der Waals surface area contributed by atoms with Gasteiger partial charge in [-0.2, -0.15) is 0 Å². The van der Waals surface area contributed by atoms with Crippen molar-refractivity contribution in [3.63, 3.8) is 0 Å². The lowest BCUT2D eigenvalue weighted by molar-refractivity contribution is 0.276. The predicted octanol–water partition coefficient (Wildman–Crippen LogP) is 1.04. The SMILES string of the molecule is NC1CCC2NNC(c3ccccc3O)C2C1. The molecule has 1 aromatic rings. The summed E-state index contributed by atoms with van der Waals surface area (Å²) in [5, 5.41) is 9.93. The highest BCUT2D eigenvalue weighted by Gasteiger charge is 2.40. The predicted molar refractivity (Wildman–Crippen MR) is 66.2 cm³/mol. The van der Waals surface area contributed by atoms with Crippen LogP contribution in [0.4, 0.5) is 0 Å². The van der Waals surface area contributed by atoms with Crippen LogP contribution in [0.15, 0.2) is 24.3 Å². The zero-order valence-electron chi connectivity index (χ0n) is 9.76. The molecule has 1 heterocycles. The minimum Gasteiger partial charge on any atom is -0.508 e. The number of phenols is 1. The molecule has 0 amide bonds. The monoisotopic (exact) mass is 233 g/mol. The summed E-state index contributed by atoms with van der Waals surface area (Å²) in [6.07, 6.45) is 3.22. The van der Waals surface area contributed by atoms with E-state index in [1.165, 1.54) is 0 Å². The maximum Gasteiger partial charge on any atom is 0.120 e. The summed E-state index contributed by atoms with van der Waals surface area (Å²) in [6, 6.07) is 8.50. The third-order valence-corrected chi connectivity index (χ3v) is 4.06. The number of hydrogen-bond acceptors (Lipinski definition) is 4. The Morgan fingerprint density at radius 2 is 2.00 bits per heavy atom. The Morgan fingerprint density at radius 3 is 2.82 bits per heavy atom. The molecule has 4 heteroatoms. The highest BCUT2D eigenvalue weighted by Crippen LogP contribution is 2.39. The molecule has 4 unspecified atom stereocenters. The molecule has 1 saturated carbocycles. The summed E-state index contributed by atoms with van der Waals surface area (Å²) in [5.41, 5.74) is 13.7. The first kappa shape index (κ1) is 11.0. The minimum absolute atomic E-state index is 0.174. The van der Waals surface area contributed by atoms with E-state index in [0.29, 0.717) is 23.8 Å². The zero-order valence-corrected chi connectivity index (χ0v) is 9.76. The van der Waals surface area contributed by atoms with Crippen LogP contribution in [0.5, 0.6) is 5.75 Å². The van der Waals surface area contributed by atoms with Gasteiger partial charge in [0.25, 0.3) is 0 Å². The number of nitrogens with one attached hydrogen (secondary N) is 2. The lowest BCUT2D eigenvalue weighted by atomic mass is 9.77.